The van der Waals surface area contributed by atoms with E-state index in [0.29, 0.717) is 19.0 Å². The van der Waals surface area contributed by atoms with Gasteiger partial charge in [0.1, 0.15) is 6.61 Å². The molecule has 0 bridgehead atoms. The molecule has 23 heavy (non-hydrogen) atoms. The predicted molar refractivity (Wildman–Crippen MR) is 82.4 cm³/mol. The lowest BCUT2D eigenvalue weighted by atomic mass is 10.0. The van der Waals surface area contributed by atoms with E-state index in [1.807, 2.05) is 30.3 Å². The number of aromatic nitrogens is 2. The molecule has 2 heterocycles. The molecule has 0 radical (unpaired) electrons. The number of amides is 1. The summed E-state index contributed by atoms with van der Waals surface area (Å²) >= 11 is 5.67. The van der Waals surface area contributed by atoms with Crippen molar-refractivity contribution in [3.8, 4) is 0 Å². The molecule has 0 aliphatic carbocycles. The van der Waals surface area contributed by atoms with Gasteiger partial charge in [-0.15, -0.1) is 0 Å². The quantitative estimate of drug-likeness (QED) is 0.513. The molecule has 0 saturated carbocycles. The minimum absolute atomic E-state index is 0.0198. The van der Waals surface area contributed by atoms with Crippen molar-refractivity contribution < 1.29 is 14.2 Å². The Morgan fingerprint density at radius 3 is 2.83 bits per heavy atom. The number of carbonyl (C=O) groups excluding carboxylic acids is 1. The van der Waals surface area contributed by atoms with Gasteiger partial charge in [0.05, 0.1) is 12.1 Å². The molecule has 1 amide bonds. The van der Waals surface area contributed by atoms with Crippen molar-refractivity contribution in [2.24, 2.45) is 0 Å². The van der Waals surface area contributed by atoms with Crippen molar-refractivity contribution in [3.63, 3.8) is 0 Å². The average Bonchev–Trinajstić information content (AvgIpc) is 3.11. The van der Waals surface area contributed by atoms with Gasteiger partial charge in [-0.2, -0.15) is 4.98 Å². The second-order valence-corrected chi connectivity index (χ2v) is 5.64. The van der Waals surface area contributed by atoms with Crippen LogP contribution in [0.4, 0.5) is 4.79 Å². The minimum Gasteiger partial charge on any atom is -0.343 e. The fourth-order valence-electron chi connectivity index (χ4n) is 2.61. The molecular weight excluding hydrogens is 320 g/mol. The van der Waals surface area contributed by atoms with Crippen LogP contribution in [0.25, 0.3) is 0 Å². The number of benzene rings is 1. The van der Waals surface area contributed by atoms with Gasteiger partial charge in [-0.05, 0) is 30.0 Å². The standard InChI is InChI=1S/C15H17ClN4O3/c16-15(21)20(23-9-11-4-2-1-3-5-11)12-6-7-13(17-8-12)14-18-10-22-19-14/h1-5,10,12-13,17H,6-9H2/t12-,13+/m1/s1. The number of piperidine rings is 1. The summed E-state index contributed by atoms with van der Waals surface area (Å²) in [6.07, 6.45) is 2.81. The Labute approximate surface area is 138 Å². The van der Waals surface area contributed by atoms with Crippen molar-refractivity contribution in [1.82, 2.24) is 20.5 Å². The largest absolute Gasteiger partial charge is 0.343 e. The zero-order valence-electron chi connectivity index (χ0n) is 12.4. The molecule has 0 spiro atoms. The maximum Gasteiger partial charge on any atom is 0.340 e. The van der Waals surface area contributed by atoms with Gasteiger partial charge in [0.2, 0.25) is 6.39 Å². The van der Waals surface area contributed by atoms with Gasteiger partial charge >= 0.3 is 5.37 Å². The Hall–Kier alpha value is -1.96. The molecule has 2 atom stereocenters. The van der Waals surface area contributed by atoms with Gasteiger partial charge in [0.15, 0.2) is 5.82 Å². The molecule has 1 N–H and O–H groups in total. The minimum atomic E-state index is -0.620. The molecule has 1 saturated heterocycles. The molecule has 1 aromatic carbocycles. The molecule has 7 nitrogen and oxygen atoms in total. The van der Waals surface area contributed by atoms with Crippen LogP contribution in [0.15, 0.2) is 41.2 Å². The van der Waals surface area contributed by atoms with E-state index in [9.17, 15) is 4.79 Å². The molecule has 2 aromatic rings. The first-order chi connectivity index (χ1) is 11.2. The maximum atomic E-state index is 11.7. The Bertz CT molecular complexity index is 615. The number of carbonyl (C=O) groups is 1. The summed E-state index contributed by atoms with van der Waals surface area (Å²) in [5.74, 6) is 0.623. The summed E-state index contributed by atoms with van der Waals surface area (Å²) in [7, 11) is 0. The first kappa shape index (κ1) is 15.9. The van der Waals surface area contributed by atoms with Gasteiger partial charge in [-0.1, -0.05) is 35.5 Å². The van der Waals surface area contributed by atoms with E-state index in [1.54, 1.807) is 0 Å². The van der Waals surface area contributed by atoms with E-state index in [2.05, 4.69) is 15.5 Å². The molecule has 1 aliphatic heterocycles. The zero-order chi connectivity index (χ0) is 16.1. The van der Waals surface area contributed by atoms with E-state index in [1.165, 1.54) is 11.5 Å². The van der Waals surface area contributed by atoms with Gasteiger partial charge in [0.25, 0.3) is 0 Å². The molecular formula is C15H17ClN4O3. The van der Waals surface area contributed by atoms with Crippen LogP contribution in [0.5, 0.6) is 0 Å². The number of hydrogen-bond acceptors (Lipinski definition) is 6. The smallest absolute Gasteiger partial charge is 0.340 e. The van der Waals surface area contributed by atoms with Crippen LogP contribution in [0.3, 0.4) is 0 Å². The van der Waals surface area contributed by atoms with Crippen LogP contribution in [0.1, 0.15) is 30.3 Å². The Kier molecular flexibility index (Phi) is 5.22. The number of nitrogens with one attached hydrogen (secondary N) is 1. The van der Waals surface area contributed by atoms with Crippen molar-refractivity contribution in [3.05, 3.63) is 48.1 Å². The van der Waals surface area contributed by atoms with Crippen LogP contribution in [-0.4, -0.2) is 33.2 Å². The Morgan fingerprint density at radius 1 is 1.39 bits per heavy atom. The predicted octanol–water partition coefficient (Wildman–Crippen LogP) is 2.66. The number of halogens is 1. The lowest BCUT2D eigenvalue weighted by Gasteiger charge is -2.34. The highest BCUT2D eigenvalue weighted by Crippen LogP contribution is 2.24. The normalized spacial score (nSPS) is 21.1. The summed E-state index contributed by atoms with van der Waals surface area (Å²) < 4.78 is 4.76. The number of hydrogen-bond donors (Lipinski definition) is 1. The lowest BCUT2D eigenvalue weighted by Crippen LogP contribution is -2.48. The highest BCUT2D eigenvalue weighted by molar-refractivity contribution is 6.62. The van der Waals surface area contributed by atoms with Crippen LogP contribution < -0.4 is 5.32 Å². The van der Waals surface area contributed by atoms with E-state index in [-0.39, 0.29) is 12.1 Å². The summed E-state index contributed by atoms with van der Waals surface area (Å²) in [6, 6.07) is 9.52. The van der Waals surface area contributed by atoms with Crippen molar-refractivity contribution in [2.75, 3.05) is 6.54 Å². The number of nitrogens with zero attached hydrogens (tertiary/aromatic N) is 3. The Balaban J connectivity index is 1.56. The topological polar surface area (TPSA) is 80.5 Å². The summed E-state index contributed by atoms with van der Waals surface area (Å²) in [5.41, 5.74) is 0.976. The van der Waals surface area contributed by atoms with E-state index < -0.39 is 5.37 Å². The third-order valence-electron chi connectivity index (χ3n) is 3.80. The average molecular weight is 337 g/mol. The summed E-state index contributed by atoms with van der Waals surface area (Å²) in [6.45, 7) is 0.844. The van der Waals surface area contributed by atoms with Gasteiger partial charge in [-0.3, -0.25) is 9.63 Å². The van der Waals surface area contributed by atoms with E-state index in [0.717, 1.165) is 18.4 Å². The third-order valence-corrected chi connectivity index (χ3v) is 3.96. The SMILES string of the molecule is O=C(Cl)N(OCc1ccccc1)[C@@H]1CC[C@@H](c2ncon2)NC1. The maximum absolute atomic E-state index is 11.7. The van der Waals surface area contributed by atoms with Gasteiger partial charge in [0, 0.05) is 6.54 Å². The Morgan fingerprint density at radius 2 is 2.22 bits per heavy atom. The molecule has 3 rings (SSSR count). The van der Waals surface area contributed by atoms with Gasteiger partial charge in [-0.25, -0.2) is 5.06 Å². The van der Waals surface area contributed by atoms with Crippen LogP contribution in [0, 0.1) is 0 Å². The molecule has 122 valence electrons. The number of rotatable bonds is 5. The fraction of sp³-hybridized carbons (Fsp3) is 0.400. The number of hydroxylamine groups is 2. The van der Waals surface area contributed by atoms with Gasteiger partial charge < -0.3 is 9.84 Å². The lowest BCUT2D eigenvalue weighted by molar-refractivity contribution is -0.152. The summed E-state index contributed by atoms with van der Waals surface area (Å²) in [4.78, 5) is 21.3. The van der Waals surface area contributed by atoms with E-state index >= 15 is 0 Å². The van der Waals surface area contributed by atoms with Crippen molar-refractivity contribution in [1.29, 1.82) is 0 Å². The first-order valence-electron chi connectivity index (χ1n) is 7.39. The van der Waals surface area contributed by atoms with E-state index in [4.69, 9.17) is 21.0 Å². The summed E-state index contributed by atoms with van der Waals surface area (Å²) in [5, 5.41) is 7.75. The molecule has 1 fully saturated rings. The monoisotopic (exact) mass is 336 g/mol. The molecule has 1 aromatic heterocycles. The fourth-order valence-corrected chi connectivity index (χ4v) is 2.80. The molecule has 0 unspecified atom stereocenters. The highest BCUT2D eigenvalue weighted by Gasteiger charge is 2.31. The van der Waals surface area contributed by atoms with Crippen LogP contribution >= 0.6 is 11.6 Å². The highest BCUT2D eigenvalue weighted by atomic mass is 35.5. The van der Waals surface area contributed by atoms with Crippen LogP contribution in [-0.2, 0) is 11.4 Å². The van der Waals surface area contributed by atoms with Crippen LogP contribution in [0.2, 0.25) is 0 Å². The molecule has 8 heteroatoms. The zero-order valence-corrected chi connectivity index (χ0v) is 13.1. The first-order valence-corrected chi connectivity index (χ1v) is 7.77. The van der Waals surface area contributed by atoms with Crippen molar-refractivity contribution >= 4 is 17.0 Å². The van der Waals surface area contributed by atoms with Crippen molar-refractivity contribution in [2.45, 2.75) is 31.5 Å². The second kappa shape index (κ2) is 7.54. The molecule has 1 aliphatic rings. The second-order valence-electron chi connectivity index (χ2n) is 5.32. The third kappa shape index (κ3) is 4.07.